The summed E-state index contributed by atoms with van der Waals surface area (Å²) in [5.41, 5.74) is 6.12. The van der Waals surface area contributed by atoms with E-state index in [1.54, 1.807) is 11.4 Å². The Labute approximate surface area is 102 Å². The SMILES string of the molecule is CCC(OC(=O)c1sccc1N)C(C)Br. The Morgan fingerprint density at radius 1 is 1.73 bits per heavy atom. The molecule has 1 aromatic rings. The maximum atomic E-state index is 11.7. The number of esters is 1. The van der Waals surface area contributed by atoms with Crippen molar-refractivity contribution in [3.05, 3.63) is 16.3 Å². The van der Waals surface area contributed by atoms with Crippen LogP contribution in [0.3, 0.4) is 0 Å². The van der Waals surface area contributed by atoms with Crippen molar-refractivity contribution in [3.63, 3.8) is 0 Å². The van der Waals surface area contributed by atoms with Gasteiger partial charge in [0.25, 0.3) is 0 Å². The van der Waals surface area contributed by atoms with E-state index in [9.17, 15) is 4.79 Å². The second kappa shape index (κ2) is 5.51. The molecule has 0 aromatic carbocycles. The fraction of sp³-hybridized carbons (Fsp3) is 0.500. The average Bonchev–Trinajstić information content (AvgIpc) is 2.60. The number of carbonyl (C=O) groups excluding carboxylic acids is 1. The smallest absolute Gasteiger partial charge is 0.350 e. The predicted molar refractivity (Wildman–Crippen MR) is 66.6 cm³/mol. The van der Waals surface area contributed by atoms with E-state index in [-0.39, 0.29) is 16.9 Å². The first-order valence-electron chi connectivity index (χ1n) is 4.74. The molecule has 84 valence electrons. The van der Waals surface area contributed by atoms with Gasteiger partial charge < -0.3 is 10.5 Å². The summed E-state index contributed by atoms with van der Waals surface area (Å²) < 4.78 is 5.33. The molecule has 15 heavy (non-hydrogen) atoms. The van der Waals surface area contributed by atoms with E-state index >= 15 is 0 Å². The van der Waals surface area contributed by atoms with E-state index in [0.717, 1.165) is 6.42 Å². The molecule has 0 spiro atoms. The number of alkyl halides is 1. The van der Waals surface area contributed by atoms with Gasteiger partial charge in [0.1, 0.15) is 11.0 Å². The summed E-state index contributed by atoms with van der Waals surface area (Å²) in [6.45, 7) is 3.94. The van der Waals surface area contributed by atoms with Crippen LogP contribution in [0.4, 0.5) is 5.69 Å². The van der Waals surface area contributed by atoms with Crippen LogP contribution in [0.1, 0.15) is 29.9 Å². The van der Waals surface area contributed by atoms with Crippen molar-refractivity contribution in [1.82, 2.24) is 0 Å². The summed E-state index contributed by atoms with van der Waals surface area (Å²) in [7, 11) is 0. The summed E-state index contributed by atoms with van der Waals surface area (Å²) in [5, 5.41) is 1.78. The molecule has 0 radical (unpaired) electrons. The van der Waals surface area contributed by atoms with Gasteiger partial charge in [0, 0.05) is 4.83 Å². The van der Waals surface area contributed by atoms with Gasteiger partial charge in [-0.3, -0.25) is 0 Å². The summed E-state index contributed by atoms with van der Waals surface area (Å²) in [5.74, 6) is -0.333. The van der Waals surface area contributed by atoms with Gasteiger partial charge in [0.05, 0.1) is 5.69 Å². The molecule has 2 N–H and O–H groups in total. The Bertz CT molecular complexity index is 338. The van der Waals surface area contributed by atoms with Crippen LogP contribution in [0.15, 0.2) is 11.4 Å². The Kier molecular flexibility index (Phi) is 4.60. The van der Waals surface area contributed by atoms with Crippen LogP contribution in [-0.2, 0) is 4.74 Å². The van der Waals surface area contributed by atoms with Crippen LogP contribution in [0, 0.1) is 0 Å². The van der Waals surface area contributed by atoms with Crippen LogP contribution in [0.2, 0.25) is 0 Å². The highest BCUT2D eigenvalue weighted by atomic mass is 79.9. The lowest BCUT2D eigenvalue weighted by Crippen LogP contribution is -2.24. The minimum atomic E-state index is -0.333. The fourth-order valence-corrected chi connectivity index (χ4v) is 2.36. The van der Waals surface area contributed by atoms with Crippen LogP contribution in [-0.4, -0.2) is 16.9 Å². The third-order valence-electron chi connectivity index (χ3n) is 2.05. The predicted octanol–water partition coefficient (Wildman–Crippen LogP) is 3.05. The molecule has 3 nitrogen and oxygen atoms in total. The molecule has 0 bridgehead atoms. The first-order valence-corrected chi connectivity index (χ1v) is 6.53. The van der Waals surface area contributed by atoms with Gasteiger partial charge in [-0.2, -0.15) is 0 Å². The zero-order valence-electron chi connectivity index (χ0n) is 8.70. The van der Waals surface area contributed by atoms with E-state index in [4.69, 9.17) is 10.5 Å². The Morgan fingerprint density at radius 3 is 2.80 bits per heavy atom. The summed E-state index contributed by atoms with van der Waals surface area (Å²) >= 11 is 4.71. The standard InChI is InChI=1S/C10H14BrNO2S/c1-3-8(6(2)11)14-10(13)9-7(12)4-5-15-9/h4-6,8H,3,12H2,1-2H3. The van der Waals surface area contributed by atoms with E-state index in [1.165, 1.54) is 11.3 Å². The van der Waals surface area contributed by atoms with Crippen molar-refractivity contribution in [2.24, 2.45) is 0 Å². The number of hydrogen-bond acceptors (Lipinski definition) is 4. The second-order valence-electron chi connectivity index (χ2n) is 3.23. The topological polar surface area (TPSA) is 52.3 Å². The van der Waals surface area contributed by atoms with E-state index in [0.29, 0.717) is 10.6 Å². The van der Waals surface area contributed by atoms with Gasteiger partial charge in [-0.25, -0.2) is 4.79 Å². The van der Waals surface area contributed by atoms with Gasteiger partial charge in [-0.1, -0.05) is 22.9 Å². The largest absolute Gasteiger partial charge is 0.457 e. The highest BCUT2D eigenvalue weighted by molar-refractivity contribution is 9.09. The fourth-order valence-electron chi connectivity index (χ4n) is 1.18. The lowest BCUT2D eigenvalue weighted by Gasteiger charge is -2.18. The molecule has 1 rings (SSSR count). The normalized spacial score (nSPS) is 14.6. The molecular formula is C10H14BrNO2S. The van der Waals surface area contributed by atoms with Crippen molar-refractivity contribution in [3.8, 4) is 0 Å². The van der Waals surface area contributed by atoms with Crippen molar-refractivity contribution in [1.29, 1.82) is 0 Å². The quantitative estimate of drug-likeness (QED) is 0.685. The van der Waals surface area contributed by atoms with Gasteiger partial charge in [-0.15, -0.1) is 11.3 Å². The van der Waals surface area contributed by atoms with Crippen molar-refractivity contribution in [2.75, 3.05) is 5.73 Å². The van der Waals surface area contributed by atoms with Gasteiger partial charge in [-0.05, 0) is 24.8 Å². The number of rotatable bonds is 4. The number of carbonyl (C=O) groups is 1. The summed E-state index contributed by atoms with van der Waals surface area (Å²) in [6, 6.07) is 1.71. The molecule has 0 amide bonds. The van der Waals surface area contributed by atoms with Crippen LogP contribution < -0.4 is 5.73 Å². The van der Waals surface area contributed by atoms with Crippen LogP contribution >= 0.6 is 27.3 Å². The highest BCUT2D eigenvalue weighted by Gasteiger charge is 2.20. The molecule has 2 unspecified atom stereocenters. The number of nitrogens with two attached hydrogens (primary N) is 1. The number of ether oxygens (including phenoxy) is 1. The molecule has 2 atom stereocenters. The Hall–Kier alpha value is -0.550. The molecule has 0 aliphatic carbocycles. The molecule has 5 heteroatoms. The van der Waals surface area contributed by atoms with Gasteiger partial charge in [0.2, 0.25) is 0 Å². The molecule has 1 heterocycles. The maximum Gasteiger partial charge on any atom is 0.350 e. The van der Waals surface area contributed by atoms with Gasteiger partial charge in [0.15, 0.2) is 0 Å². The number of anilines is 1. The molecule has 0 saturated heterocycles. The third kappa shape index (κ3) is 3.21. The summed E-state index contributed by atoms with van der Waals surface area (Å²) in [6.07, 6.45) is 0.669. The molecule has 0 saturated carbocycles. The lowest BCUT2D eigenvalue weighted by atomic mass is 10.2. The Balaban J connectivity index is 2.67. The maximum absolute atomic E-state index is 11.7. The first kappa shape index (κ1) is 12.5. The van der Waals surface area contributed by atoms with E-state index < -0.39 is 0 Å². The monoisotopic (exact) mass is 291 g/mol. The second-order valence-corrected chi connectivity index (χ2v) is 5.60. The minimum Gasteiger partial charge on any atom is -0.457 e. The number of thiophene rings is 1. The molecule has 0 aliphatic rings. The highest BCUT2D eigenvalue weighted by Crippen LogP contribution is 2.22. The molecule has 0 fully saturated rings. The molecule has 0 aliphatic heterocycles. The minimum absolute atomic E-state index is 0.112. The summed E-state index contributed by atoms with van der Waals surface area (Å²) in [4.78, 5) is 12.3. The van der Waals surface area contributed by atoms with Crippen LogP contribution in [0.5, 0.6) is 0 Å². The molecule has 1 aromatic heterocycles. The Morgan fingerprint density at radius 2 is 2.40 bits per heavy atom. The number of halogens is 1. The van der Waals surface area contributed by atoms with Crippen molar-refractivity contribution in [2.45, 2.75) is 31.2 Å². The lowest BCUT2D eigenvalue weighted by molar-refractivity contribution is 0.0308. The number of hydrogen-bond donors (Lipinski definition) is 1. The first-order chi connectivity index (χ1) is 7.06. The molecular weight excluding hydrogens is 278 g/mol. The van der Waals surface area contributed by atoms with Crippen molar-refractivity contribution >= 4 is 38.9 Å². The van der Waals surface area contributed by atoms with E-state index in [2.05, 4.69) is 15.9 Å². The van der Waals surface area contributed by atoms with E-state index in [1.807, 2.05) is 13.8 Å². The third-order valence-corrected chi connectivity index (χ3v) is 3.55. The van der Waals surface area contributed by atoms with Gasteiger partial charge >= 0.3 is 5.97 Å². The zero-order chi connectivity index (χ0) is 11.4. The van der Waals surface area contributed by atoms with Crippen LogP contribution in [0.25, 0.3) is 0 Å². The number of nitrogen functional groups attached to an aromatic ring is 1. The van der Waals surface area contributed by atoms with Crippen molar-refractivity contribution < 1.29 is 9.53 Å². The average molecular weight is 292 g/mol. The zero-order valence-corrected chi connectivity index (χ0v) is 11.1.